The number of hydrogen-bond donors (Lipinski definition) is 2. The van der Waals surface area contributed by atoms with Crippen molar-refractivity contribution in [3.8, 4) is 6.07 Å². The average molecular weight is 288 g/mol. The molecule has 0 heterocycles. The summed E-state index contributed by atoms with van der Waals surface area (Å²) in [5, 5.41) is 14.2. The van der Waals surface area contributed by atoms with Crippen molar-refractivity contribution in [1.82, 2.24) is 10.2 Å². The maximum Gasteiger partial charge on any atom is 0.238 e. The predicted molar refractivity (Wildman–Crippen MR) is 80.6 cm³/mol. The minimum Gasteiger partial charge on any atom is -0.355 e. The molecule has 6 nitrogen and oxygen atoms in total. The number of amides is 2. The van der Waals surface area contributed by atoms with Gasteiger partial charge in [0, 0.05) is 12.2 Å². The summed E-state index contributed by atoms with van der Waals surface area (Å²) in [6, 6.07) is 8.65. The van der Waals surface area contributed by atoms with Crippen LogP contribution in [-0.2, 0) is 9.59 Å². The minimum absolute atomic E-state index is 0.0921. The van der Waals surface area contributed by atoms with Crippen LogP contribution in [0.1, 0.15) is 19.4 Å². The van der Waals surface area contributed by atoms with E-state index in [9.17, 15) is 9.59 Å². The third-order valence-corrected chi connectivity index (χ3v) is 2.85. The molecule has 1 aromatic rings. The van der Waals surface area contributed by atoms with Crippen LogP contribution >= 0.6 is 0 Å². The molecule has 1 rings (SSSR count). The molecule has 0 aromatic heterocycles. The molecule has 0 radical (unpaired) electrons. The van der Waals surface area contributed by atoms with E-state index in [4.69, 9.17) is 5.26 Å². The predicted octanol–water partition coefficient (Wildman–Crippen LogP) is 0.955. The number of nitriles is 1. The molecule has 2 amide bonds. The molecular weight excluding hydrogens is 268 g/mol. The van der Waals surface area contributed by atoms with Gasteiger partial charge >= 0.3 is 0 Å². The van der Waals surface area contributed by atoms with E-state index in [0.29, 0.717) is 24.3 Å². The van der Waals surface area contributed by atoms with Crippen LogP contribution in [0.25, 0.3) is 0 Å². The third-order valence-electron chi connectivity index (χ3n) is 2.85. The van der Waals surface area contributed by atoms with E-state index in [0.717, 1.165) is 0 Å². The molecule has 6 heteroatoms. The Balaban J connectivity index is 2.50. The van der Waals surface area contributed by atoms with Gasteiger partial charge in [0.1, 0.15) is 0 Å². The van der Waals surface area contributed by atoms with Gasteiger partial charge in [-0.15, -0.1) is 0 Å². The van der Waals surface area contributed by atoms with Gasteiger partial charge < -0.3 is 10.6 Å². The van der Waals surface area contributed by atoms with Gasteiger partial charge in [-0.25, -0.2) is 0 Å². The quantitative estimate of drug-likeness (QED) is 0.782. The van der Waals surface area contributed by atoms with E-state index in [1.165, 1.54) is 0 Å². The smallest absolute Gasteiger partial charge is 0.238 e. The molecule has 0 spiro atoms. The van der Waals surface area contributed by atoms with Gasteiger partial charge in [-0.05, 0) is 37.7 Å². The lowest BCUT2D eigenvalue weighted by atomic mass is 10.2. The van der Waals surface area contributed by atoms with Gasteiger partial charge in [0.15, 0.2) is 0 Å². The highest BCUT2D eigenvalue weighted by atomic mass is 16.2. The van der Waals surface area contributed by atoms with E-state index < -0.39 is 0 Å². The number of hydrogen-bond acceptors (Lipinski definition) is 4. The minimum atomic E-state index is -0.189. The lowest BCUT2D eigenvalue weighted by molar-refractivity contribution is -0.123. The first-order valence-electron chi connectivity index (χ1n) is 6.88. The SMILES string of the molecule is CCNC(=O)CN(CC)CC(=O)Nc1ccc(C#N)cc1. The summed E-state index contributed by atoms with van der Waals surface area (Å²) >= 11 is 0. The lowest BCUT2D eigenvalue weighted by Gasteiger charge is -2.19. The van der Waals surface area contributed by atoms with Crippen molar-refractivity contribution in [1.29, 1.82) is 5.26 Å². The maximum absolute atomic E-state index is 11.9. The van der Waals surface area contributed by atoms with Crippen LogP contribution < -0.4 is 10.6 Å². The van der Waals surface area contributed by atoms with Crippen molar-refractivity contribution in [3.05, 3.63) is 29.8 Å². The Morgan fingerprint density at radius 3 is 2.29 bits per heavy atom. The Kier molecular flexibility index (Phi) is 6.92. The van der Waals surface area contributed by atoms with Crippen LogP contribution in [0.5, 0.6) is 0 Å². The largest absolute Gasteiger partial charge is 0.355 e. The van der Waals surface area contributed by atoms with E-state index in [-0.39, 0.29) is 24.9 Å². The second kappa shape index (κ2) is 8.72. The number of benzene rings is 1. The van der Waals surface area contributed by atoms with Gasteiger partial charge in [0.25, 0.3) is 0 Å². The van der Waals surface area contributed by atoms with E-state index in [1.54, 1.807) is 29.2 Å². The molecular formula is C15H20N4O2. The van der Waals surface area contributed by atoms with Crippen LogP contribution in [0.2, 0.25) is 0 Å². The van der Waals surface area contributed by atoms with Crippen LogP contribution in [0.15, 0.2) is 24.3 Å². The lowest BCUT2D eigenvalue weighted by Crippen LogP contribution is -2.40. The number of rotatable bonds is 7. The molecule has 1 aromatic carbocycles. The first kappa shape index (κ1) is 16.7. The standard InChI is InChI=1S/C15H20N4O2/c1-3-17-14(20)10-19(4-2)11-15(21)18-13-7-5-12(9-16)6-8-13/h5-8H,3-4,10-11H2,1-2H3,(H,17,20)(H,18,21). The fourth-order valence-electron chi connectivity index (χ4n) is 1.77. The van der Waals surface area contributed by atoms with Crippen molar-refractivity contribution < 1.29 is 9.59 Å². The van der Waals surface area contributed by atoms with Crippen LogP contribution in [0, 0.1) is 11.3 Å². The summed E-state index contributed by atoms with van der Waals surface area (Å²) in [6.45, 7) is 5.28. The Morgan fingerprint density at radius 2 is 1.76 bits per heavy atom. The fourth-order valence-corrected chi connectivity index (χ4v) is 1.77. The Labute approximate surface area is 124 Å². The van der Waals surface area contributed by atoms with Crippen molar-refractivity contribution >= 4 is 17.5 Å². The molecule has 0 atom stereocenters. The van der Waals surface area contributed by atoms with Crippen LogP contribution in [-0.4, -0.2) is 42.9 Å². The molecule has 0 saturated heterocycles. The molecule has 0 fully saturated rings. The molecule has 0 saturated carbocycles. The first-order chi connectivity index (χ1) is 10.1. The molecule has 0 aliphatic rings. The third kappa shape index (κ3) is 6.06. The number of nitrogens with zero attached hydrogens (tertiary/aromatic N) is 2. The first-order valence-corrected chi connectivity index (χ1v) is 6.88. The van der Waals surface area contributed by atoms with E-state index in [2.05, 4.69) is 10.6 Å². The van der Waals surface area contributed by atoms with Crippen LogP contribution in [0.3, 0.4) is 0 Å². The maximum atomic E-state index is 11.9. The van der Waals surface area contributed by atoms with Crippen molar-refractivity contribution in [2.45, 2.75) is 13.8 Å². The molecule has 2 N–H and O–H groups in total. The van der Waals surface area contributed by atoms with Crippen molar-refractivity contribution in [2.75, 3.05) is 31.5 Å². The van der Waals surface area contributed by atoms with Gasteiger partial charge in [-0.2, -0.15) is 5.26 Å². The number of carbonyl (C=O) groups excluding carboxylic acids is 2. The molecule has 0 aliphatic carbocycles. The fraction of sp³-hybridized carbons (Fsp3) is 0.400. The summed E-state index contributed by atoms with van der Waals surface area (Å²) < 4.78 is 0. The second-order valence-electron chi connectivity index (χ2n) is 4.49. The van der Waals surface area contributed by atoms with Crippen LogP contribution in [0.4, 0.5) is 5.69 Å². The highest BCUT2D eigenvalue weighted by Gasteiger charge is 2.12. The Bertz CT molecular complexity index is 519. The van der Waals surface area contributed by atoms with Crippen molar-refractivity contribution in [2.24, 2.45) is 0 Å². The topological polar surface area (TPSA) is 85.2 Å². The molecule has 0 unspecified atom stereocenters. The molecule has 0 bridgehead atoms. The number of anilines is 1. The molecule has 0 aliphatic heterocycles. The number of likely N-dealkylation sites (N-methyl/N-ethyl adjacent to an activating group) is 2. The number of nitrogens with one attached hydrogen (secondary N) is 2. The number of carbonyl (C=O) groups is 2. The summed E-state index contributed by atoms with van der Waals surface area (Å²) in [6.07, 6.45) is 0. The monoisotopic (exact) mass is 288 g/mol. The Hall–Kier alpha value is -2.39. The Morgan fingerprint density at radius 1 is 1.14 bits per heavy atom. The average Bonchev–Trinajstić information content (AvgIpc) is 2.47. The van der Waals surface area contributed by atoms with Gasteiger partial charge in [-0.3, -0.25) is 14.5 Å². The normalized spacial score (nSPS) is 10.0. The summed E-state index contributed by atoms with van der Waals surface area (Å²) in [7, 11) is 0. The van der Waals surface area contributed by atoms with E-state index >= 15 is 0 Å². The van der Waals surface area contributed by atoms with E-state index in [1.807, 2.05) is 19.9 Å². The summed E-state index contributed by atoms with van der Waals surface area (Å²) in [5.74, 6) is -0.281. The molecule has 112 valence electrons. The van der Waals surface area contributed by atoms with Gasteiger partial charge in [-0.1, -0.05) is 6.92 Å². The summed E-state index contributed by atoms with van der Waals surface area (Å²) in [5.41, 5.74) is 1.17. The zero-order valence-corrected chi connectivity index (χ0v) is 12.3. The van der Waals surface area contributed by atoms with Crippen molar-refractivity contribution in [3.63, 3.8) is 0 Å². The second-order valence-corrected chi connectivity index (χ2v) is 4.49. The highest BCUT2D eigenvalue weighted by Crippen LogP contribution is 2.08. The zero-order valence-electron chi connectivity index (χ0n) is 12.3. The summed E-state index contributed by atoms with van der Waals surface area (Å²) in [4.78, 5) is 25.2. The van der Waals surface area contributed by atoms with Gasteiger partial charge in [0.05, 0.1) is 24.7 Å². The molecule has 21 heavy (non-hydrogen) atoms. The van der Waals surface area contributed by atoms with Gasteiger partial charge in [0.2, 0.25) is 11.8 Å². The highest BCUT2D eigenvalue weighted by molar-refractivity contribution is 5.92. The zero-order chi connectivity index (χ0) is 15.7.